The molecule has 2 aromatic carbocycles. The summed E-state index contributed by atoms with van der Waals surface area (Å²) >= 11 is 0. The third-order valence-corrected chi connectivity index (χ3v) is 6.13. The highest BCUT2D eigenvalue weighted by atomic mass is 16.8. The first-order valence-corrected chi connectivity index (χ1v) is 10.4. The van der Waals surface area contributed by atoms with E-state index in [1.54, 1.807) is 0 Å². The molecule has 3 unspecified atom stereocenters. The largest absolute Gasteiger partial charge is 0.394 e. The van der Waals surface area contributed by atoms with Crippen molar-refractivity contribution in [3.8, 4) is 0 Å². The molecule has 0 radical (unpaired) electrons. The predicted octanol–water partition coefficient (Wildman–Crippen LogP) is 3.17. The van der Waals surface area contributed by atoms with Gasteiger partial charge in [0.1, 0.15) is 24.4 Å². The summed E-state index contributed by atoms with van der Waals surface area (Å²) in [4.78, 5) is 0. The van der Waals surface area contributed by atoms with Crippen molar-refractivity contribution >= 4 is 0 Å². The van der Waals surface area contributed by atoms with Gasteiger partial charge >= 0.3 is 0 Å². The van der Waals surface area contributed by atoms with E-state index >= 15 is 0 Å². The Balaban J connectivity index is 1.57. The maximum atomic E-state index is 10.5. The Bertz CT molecular complexity index is 895. The third kappa shape index (κ3) is 4.17. The zero-order chi connectivity index (χ0) is 21.4. The normalized spacial score (nSPS) is 30.0. The minimum absolute atomic E-state index is 0.307. The molecule has 2 N–H and O–H groups in total. The Labute approximate surface area is 177 Å². The molecular formula is C24H30O6. The van der Waals surface area contributed by atoms with Crippen molar-refractivity contribution in [3.63, 3.8) is 0 Å². The number of fused-ring (bicyclic) bond motifs is 1. The van der Waals surface area contributed by atoms with Crippen LogP contribution in [0.2, 0.25) is 0 Å². The molecule has 162 valence electrons. The molecule has 6 heteroatoms. The zero-order valence-corrected chi connectivity index (χ0v) is 17.9. The highest BCUT2D eigenvalue weighted by Crippen LogP contribution is 2.39. The summed E-state index contributed by atoms with van der Waals surface area (Å²) in [5.41, 5.74) is 6.43. The van der Waals surface area contributed by atoms with E-state index in [-0.39, 0.29) is 0 Å². The van der Waals surface area contributed by atoms with Crippen molar-refractivity contribution in [2.24, 2.45) is 0 Å². The molecule has 30 heavy (non-hydrogen) atoms. The Morgan fingerprint density at radius 2 is 1.43 bits per heavy atom. The summed E-state index contributed by atoms with van der Waals surface area (Å²) in [6, 6.07) is 12.1. The maximum Gasteiger partial charge on any atom is 0.184 e. The first-order chi connectivity index (χ1) is 14.4. The van der Waals surface area contributed by atoms with Gasteiger partial charge in [-0.25, -0.2) is 0 Å². The van der Waals surface area contributed by atoms with Crippen LogP contribution in [0.15, 0.2) is 36.4 Å². The van der Waals surface area contributed by atoms with E-state index in [4.69, 9.17) is 18.9 Å². The molecule has 0 aliphatic carbocycles. The molecule has 2 aromatic rings. The van der Waals surface area contributed by atoms with Gasteiger partial charge in [-0.05, 0) is 49.9 Å². The van der Waals surface area contributed by atoms with Crippen LogP contribution in [0.1, 0.15) is 46.0 Å². The zero-order valence-electron chi connectivity index (χ0n) is 17.9. The maximum absolute atomic E-state index is 10.5. The predicted molar refractivity (Wildman–Crippen MR) is 111 cm³/mol. The lowest BCUT2D eigenvalue weighted by Gasteiger charge is -2.47. The second kappa shape index (κ2) is 8.75. The van der Waals surface area contributed by atoms with E-state index in [0.29, 0.717) is 6.61 Å². The summed E-state index contributed by atoms with van der Waals surface area (Å²) in [5, 5.41) is 20.1. The topological polar surface area (TPSA) is 77.4 Å². The lowest BCUT2D eigenvalue weighted by molar-refractivity contribution is -0.373. The SMILES string of the molecule is Cc1ccc(C2OC[C@H]3OC(c4ccc(C)c(C)c4)OC([C@@H](O)CO)[C@H]3O2)cc1C. The molecule has 0 amide bonds. The average Bonchev–Trinajstić information content (AvgIpc) is 2.75. The van der Waals surface area contributed by atoms with E-state index in [1.807, 2.05) is 57.2 Å². The van der Waals surface area contributed by atoms with Crippen molar-refractivity contribution in [2.75, 3.05) is 13.2 Å². The summed E-state index contributed by atoms with van der Waals surface area (Å²) in [5.74, 6) is 0. The Morgan fingerprint density at radius 1 is 0.833 bits per heavy atom. The minimum Gasteiger partial charge on any atom is -0.394 e. The number of aliphatic hydroxyl groups excluding tert-OH is 2. The number of aliphatic hydroxyl groups is 2. The van der Waals surface area contributed by atoms with Gasteiger partial charge in [0, 0.05) is 11.1 Å². The van der Waals surface area contributed by atoms with Gasteiger partial charge in [-0.1, -0.05) is 36.4 Å². The highest BCUT2D eigenvalue weighted by Gasteiger charge is 2.48. The van der Waals surface area contributed by atoms with Crippen LogP contribution < -0.4 is 0 Å². The summed E-state index contributed by atoms with van der Waals surface area (Å²) < 4.78 is 24.4. The van der Waals surface area contributed by atoms with E-state index in [0.717, 1.165) is 22.3 Å². The van der Waals surface area contributed by atoms with Crippen LogP contribution in [0.25, 0.3) is 0 Å². The molecule has 0 spiro atoms. The van der Waals surface area contributed by atoms with Crippen LogP contribution in [0.5, 0.6) is 0 Å². The van der Waals surface area contributed by atoms with E-state index in [1.165, 1.54) is 11.1 Å². The van der Waals surface area contributed by atoms with Crippen LogP contribution in [0, 0.1) is 27.7 Å². The van der Waals surface area contributed by atoms with E-state index < -0.39 is 43.6 Å². The molecule has 0 bridgehead atoms. The number of rotatable bonds is 4. The van der Waals surface area contributed by atoms with Crippen molar-refractivity contribution in [3.05, 3.63) is 69.8 Å². The molecule has 0 saturated carbocycles. The van der Waals surface area contributed by atoms with Gasteiger partial charge in [0.05, 0.1) is 13.2 Å². The lowest BCUT2D eigenvalue weighted by atomic mass is 9.98. The van der Waals surface area contributed by atoms with Gasteiger partial charge in [0.2, 0.25) is 0 Å². The van der Waals surface area contributed by atoms with Gasteiger partial charge in [0.15, 0.2) is 12.6 Å². The first kappa shape index (κ1) is 21.4. The van der Waals surface area contributed by atoms with Crippen LogP contribution >= 0.6 is 0 Å². The molecule has 4 rings (SSSR count). The standard InChI is InChI=1S/C24H30O6/c1-13-5-7-17(9-15(13)3)23-27-12-20-22(30-23)21(19(26)11-25)29-24(28-20)18-8-6-14(2)16(4)10-18/h5-10,19-26H,11-12H2,1-4H3/t19-,20+,21?,22-,23?,24?/m0/s1. The summed E-state index contributed by atoms with van der Waals surface area (Å²) in [6.45, 7) is 8.07. The summed E-state index contributed by atoms with van der Waals surface area (Å²) in [7, 11) is 0. The number of aryl methyl sites for hydroxylation is 4. The molecule has 2 saturated heterocycles. The number of ether oxygens (including phenoxy) is 4. The molecule has 6 atom stereocenters. The van der Waals surface area contributed by atoms with Crippen molar-refractivity contribution in [1.82, 2.24) is 0 Å². The summed E-state index contributed by atoms with van der Waals surface area (Å²) in [6.07, 6.45) is -4.05. The van der Waals surface area contributed by atoms with Gasteiger partial charge < -0.3 is 29.2 Å². The third-order valence-electron chi connectivity index (χ3n) is 6.13. The second-order valence-electron chi connectivity index (χ2n) is 8.31. The number of hydrogen-bond donors (Lipinski definition) is 2. The number of benzene rings is 2. The van der Waals surface area contributed by atoms with Crippen molar-refractivity contribution in [2.45, 2.75) is 64.7 Å². The molecule has 2 aliphatic rings. The first-order valence-electron chi connectivity index (χ1n) is 10.4. The van der Waals surface area contributed by atoms with Crippen LogP contribution in [0.3, 0.4) is 0 Å². The second-order valence-corrected chi connectivity index (χ2v) is 8.31. The number of hydrogen-bond acceptors (Lipinski definition) is 6. The quantitative estimate of drug-likeness (QED) is 0.800. The fourth-order valence-corrected chi connectivity index (χ4v) is 3.93. The van der Waals surface area contributed by atoms with E-state index in [9.17, 15) is 10.2 Å². The van der Waals surface area contributed by atoms with Crippen LogP contribution in [0.4, 0.5) is 0 Å². The van der Waals surface area contributed by atoms with Gasteiger partial charge in [-0.2, -0.15) is 0 Å². The van der Waals surface area contributed by atoms with Crippen molar-refractivity contribution in [1.29, 1.82) is 0 Å². The average molecular weight is 414 g/mol. The Morgan fingerprint density at radius 3 is 2.00 bits per heavy atom. The molecule has 2 aliphatic heterocycles. The highest BCUT2D eigenvalue weighted by molar-refractivity contribution is 5.32. The Hall–Kier alpha value is -1.80. The lowest BCUT2D eigenvalue weighted by Crippen LogP contribution is -2.58. The molecule has 2 fully saturated rings. The molecule has 6 nitrogen and oxygen atoms in total. The monoisotopic (exact) mass is 414 g/mol. The van der Waals surface area contributed by atoms with Crippen LogP contribution in [-0.4, -0.2) is 47.8 Å². The molecular weight excluding hydrogens is 384 g/mol. The van der Waals surface area contributed by atoms with E-state index in [2.05, 4.69) is 6.92 Å². The van der Waals surface area contributed by atoms with Crippen LogP contribution in [-0.2, 0) is 18.9 Å². The van der Waals surface area contributed by atoms with Gasteiger partial charge in [-0.3, -0.25) is 0 Å². The molecule has 2 heterocycles. The van der Waals surface area contributed by atoms with Gasteiger partial charge in [-0.15, -0.1) is 0 Å². The Kier molecular flexibility index (Phi) is 6.25. The minimum atomic E-state index is -1.09. The fourth-order valence-electron chi connectivity index (χ4n) is 3.93. The van der Waals surface area contributed by atoms with Gasteiger partial charge in [0.25, 0.3) is 0 Å². The van der Waals surface area contributed by atoms with Crippen molar-refractivity contribution < 1.29 is 29.2 Å². The smallest absolute Gasteiger partial charge is 0.184 e. The molecule has 0 aromatic heterocycles. The fraction of sp³-hybridized carbons (Fsp3) is 0.500.